The number of rotatable bonds is 9. The zero-order valence-electron chi connectivity index (χ0n) is 19.2. The fraction of sp³-hybridized carbons (Fsp3) is 0.333. The Kier molecular flexibility index (Phi) is 7.44. The Morgan fingerprint density at radius 3 is 2.00 bits per heavy atom. The van der Waals surface area contributed by atoms with Gasteiger partial charge in [-0.25, -0.2) is 0 Å². The summed E-state index contributed by atoms with van der Waals surface area (Å²) >= 11 is 0. The molecule has 1 aliphatic rings. The minimum Gasteiger partial charge on any atom is -0.507 e. The molecule has 0 bridgehead atoms. The second-order valence-electron chi connectivity index (χ2n) is 7.17. The van der Waals surface area contributed by atoms with Crippen LogP contribution in [0.5, 0.6) is 23.0 Å². The number of carbonyl (C=O) groups excluding carboxylic acids is 2. The summed E-state index contributed by atoms with van der Waals surface area (Å²) in [5.74, 6) is -0.156. The second-order valence-corrected chi connectivity index (χ2v) is 7.17. The minimum absolute atomic E-state index is 0.0458. The molecule has 9 nitrogen and oxygen atoms in total. The zero-order valence-corrected chi connectivity index (χ0v) is 19.2. The van der Waals surface area contributed by atoms with Crippen LogP contribution in [-0.4, -0.2) is 70.4 Å². The SMILES string of the molecule is COCCN1C(=O)C(=O)/C(=C(/O)c2ccc(OC)cc2)[C@@H]1c1cc(OC)c(OC)c(OC)c1. The van der Waals surface area contributed by atoms with Crippen LogP contribution in [0.25, 0.3) is 5.76 Å². The number of hydrogen-bond acceptors (Lipinski definition) is 8. The molecule has 1 aliphatic heterocycles. The molecule has 1 amide bonds. The van der Waals surface area contributed by atoms with Crippen molar-refractivity contribution in [1.29, 1.82) is 0 Å². The molecule has 1 heterocycles. The molecule has 2 aromatic carbocycles. The number of methoxy groups -OCH3 is 5. The molecule has 9 heteroatoms. The van der Waals surface area contributed by atoms with Gasteiger partial charge in [0.2, 0.25) is 5.75 Å². The molecule has 0 unspecified atom stereocenters. The monoisotopic (exact) mass is 457 g/mol. The average molecular weight is 457 g/mol. The number of Topliss-reactive ketones (excluding diaryl/α,β-unsaturated/α-hetero) is 1. The fourth-order valence-corrected chi connectivity index (χ4v) is 3.81. The van der Waals surface area contributed by atoms with Crippen molar-refractivity contribution in [3.05, 3.63) is 53.1 Å². The standard InChI is InChI=1S/C24H27NO8/c1-29-11-10-25-20(15-12-17(31-3)23(33-5)18(13-15)32-4)19(22(27)24(25)28)21(26)14-6-8-16(30-2)9-7-14/h6-9,12-13,20,26H,10-11H2,1-5H3/b21-19+/t20-/m0/s1. The molecule has 2 aromatic rings. The topological polar surface area (TPSA) is 104 Å². The molecule has 1 fully saturated rings. The molecule has 3 rings (SSSR count). The molecule has 176 valence electrons. The largest absolute Gasteiger partial charge is 0.507 e. The maximum atomic E-state index is 13.1. The van der Waals surface area contributed by atoms with Crippen LogP contribution in [0.2, 0.25) is 0 Å². The molecule has 0 saturated carbocycles. The normalized spacial score (nSPS) is 17.2. The number of amides is 1. The molecule has 0 aliphatic carbocycles. The van der Waals surface area contributed by atoms with Gasteiger partial charge < -0.3 is 33.7 Å². The molecular formula is C24H27NO8. The van der Waals surface area contributed by atoms with Crippen molar-refractivity contribution >= 4 is 17.4 Å². The first-order valence-corrected chi connectivity index (χ1v) is 10.1. The van der Waals surface area contributed by atoms with Gasteiger partial charge in [0.05, 0.1) is 46.7 Å². The van der Waals surface area contributed by atoms with E-state index in [0.717, 1.165) is 0 Å². The third-order valence-electron chi connectivity index (χ3n) is 5.44. The summed E-state index contributed by atoms with van der Waals surface area (Å²) in [6, 6.07) is 8.95. The lowest BCUT2D eigenvalue weighted by Crippen LogP contribution is -2.32. The first-order chi connectivity index (χ1) is 15.9. The summed E-state index contributed by atoms with van der Waals surface area (Å²) in [7, 11) is 7.46. The Hall–Kier alpha value is -3.72. The van der Waals surface area contributed by atoms with Gasteiger partial charge in [-0.2, -0.15) is 0 Å². The number of nitrogens with zero attached hydrogens (tertiary/aromatic N) is 1. The second kappa shape index (κ2) is 10.3. The maximum Gasteiger partial charge on any atom is 0.295 e. The number of carbonyl (C=O) groups is 2. The number of likely N-dealkylation sites (tertiary alicyclic amines) is 1. The third-order valence-corrected chi connectivity index (χ3v) is 5.44. The Morgan fingerprint density at radius 2 is 1.52 bits per heavy atom. The lowest BCUT2D eigenvalue weighted by molar-refractivity contribution is -0.140. The van der Waals surface area contributed by atoms with Gasteiger partial charge in [-0.15, -0.1) is 0 Å². The predicted octanol–water partition coefficient (Wildman–Crippen LogP) is 2.79. The molecule has 0 aromatic heterocycles. The van der Waals surface area contributed by atoms with Crippen molar-refractivity contribution in [2.24, 2.45) is 0 Å². The van der Waals surface area contributed by atoms with E-state index in [2.05, 4.69) is 0 Å². The zero-order chi connectivity index (χ0) is 24.1. The number of ether oxygens (including phenoxy) is 5. The van der Waals surface area contributed by atoms with Gasteiger partial charge in [0.1, 0.15) is 11.5 Å². The van der Waals surface area contributed by atoms with Crippen molar-refractivity contribution in [2.45, 2.75) is 6.04 Å². The first kappa shape index (κ1) is 23.9. The maximum absolute atomic E-state index is 13.1. The molecule has 1 N–H and O–H groups in total. The van der Waals surface area contributed by atoms with Gasteiger partial charge in [0.25, 0.3) is 11.7 Å². The van der Waals surface area contributed by atoms with Crippen LogP contribution in [0.3, 0.4) is 0 Å². The number of benzene rings is 2. The third kappa shape index (κ3) is 4.45. The molecular weight excluding hydrogens is 430 g/mol. The summed E-state index contributed by atoms with van der Waals surface area (Å²) in [6.45, 7) is 0.346. The van der Waals surface area contributed by atoms with Crippen molar-refractivity contribution in [1.82, 2.24) is 4.90 Å². The predicted molar refractivity (Wildman–Crippen MR) is 120 cm³/mol. The van der Waals surface area contributed by atoms with Crippen molar-refractivity contribution in [2.75, 3.05) is 48.7 Å². The summed E-state index contributed by atoms with van der Waals surface area (Å²) in [4.78, 5) is 27.4. The van der Waals surface area contributed by atoms with Crippen LogP contribution in [0.1, 0.15) is 17.2 Å². The van der Waals surface area contributed by atoms with Crippen molar-refractivity contribution < 1.29 is 38.4 Å². The Bertz CT molecular complexity index is 1040. The van der Waals surface area contributed by atoms with Gasteiger partial charge in [0.15, 0.2) is 11.5 Å². The summed E-state index contributed by atoms with van der Waals surface area (Å²) in [5, 5.41) is 11.1. The van der Waals surface area contributed by atoms with Gasteiger partial charge in [-0.1, -0.05) is 0 Å². The molecule has 33 heavy (non-hydrogen) atoms. The summed E-state index contributed by atoms with van der Waals surface area (Å²) in [5.41, 5.74) is 0.836. The van der Waals surface area contributed by atoms with Gasteiger partial charge >= 0.3 is 0 Å². The van der Waals surface area contributed by atoms with E-state index >= 15 is 0 Å². The number of aliphatic hydroxyl groups excluding tert-OH is 1. The van der Waals surface area contributed by atoms with E-state index in [-0.39, 0.29) is 24.5 Å². The van der Waals surface area contributed by atoms with E-state index in [4.69, 9.17) is 23.7 Å². The average Bonchev–Trinajstić information content (AvgIpc) is 3.10. The molecule has 0 spiro atoms. The number of ketones is 1. The van der Waals surface area contributed by atoms with Crippen LogP contribution in [0.15, 0.2) is 42.0 Å². The van der Waals surface area contributed by atoms with Crippen LogP contribution in [0.4, 0.5) is 0 Å². The number of aliphatic hydroxyl groups is 1. The highest BCUT2D eigenvalue weighted by Gasteiger charge is 2.46. The summed E-state index contributed by atoms with van der Waals surface area (Å²) in [6.07, 6.45) is 0. The van der Waals surface area contributed by atoms with Crippen LogP contribution >= 0.6 is 0 Å². The van der Waals surface area contributed by atoms with E-state index in [0.29, 0.717) is 34.1 Å². The molecule has 1 saturated heterocycles. The van der Waals surface area contributed by atoms with E-state index in [1.165, 1.54) is 40.4 Å². The van der Waals surface area contributed by atoms with E-state index in [1.807, 2.05) is 0 Å². The highest BCUT2D eigenvalue weighted by atomic mass is 16.5. The van der Waals surface area contributed by atoms with Crippen LogP contribution in [0, 0.1) is 0 Å². The highest BCUT2D eigenvalue weighted by Crippen LogP contribution is 2.45. The quantitative estimate of drug-likeness (QED) is 0.348. The van der Waals surface area contributed by atoms with Crippen molar-refractivity contribution in [3.8, 4) is 23.0 Å². The first-order valence-electron chi connectivity index (χ1n) is 10.1. The van der Waals surface area contributed by atoms with Gasteiger partial charge in [-0.05, 0) is 42.0 Å². The van der Waals surface area contributed by atoms with E-state index < -0.39 is 17.7 Å². The van der Waals surface area contributed by atoms with Crippen LogP contribution in [-0.2, 0) is 14.3 Å². The highest BCUT2D eigenvalue weighted by molar-refractivity contribution is 6.46. The minimum atomic E-state index is -0.893. The van der Waals surface area contributed by atoms with Crippen molar-refractivity contribution in [3.63, 3.8) is 0 Å². The summed E-state index contributed by atoms with van der Waals surface area (Å²) < 4.78 is 26.6. The van der Waals surface area contributed by atoms with Crippen LogP contribution < -0.4 is 18.9 Å². The Labute approximate surface area is 192 Å². The molecule has 0 radical (unpaired) electrons. The molecule has 1 atom stereocenters. The smallest absolute Gasteiger partial charge is 0.295 e. The van der Waals surface area contributed by atoms with E-state index in [1.54, 1.807) is 36.4 Å². The lowest BCUT2D eigenvalue weighted by atomic mass is 9.94. The fourth-order valence-electron chi connectivity index (χ4n) is 3.81. The van der Waals surface area contributed by atoms with Gasteiger partial charge in [0, 0.05) is 19.2 Å². The Balaban J connectivity index is 2.23. The van der Waals surface area contributed by atoms with E-state index in [9.17, 15) is 14.7 Å². The Morgan fingerprint density at radius 1 is 0.909 bits per heavy atom. The van der Waals surface area contributed by atoms with Gasteiger partial charge in [-0.3, -0.25) is 9.59 Å². The lowest BCUT2D eigenvalue weighted by Gasteiger charge is -2.26. The number of hydrogen-bond donors (Lipinski definition) is 1.